The van der Waals surface area contributed by atoms with E-state index in [-0.39, 0.29) is 0 Å². The Morgan fingerprint density at radius 3 is 2.71 bits per heavy atom. The van der Waals surface area contributed by atoms with Gasteiger partial charge >= 0.3 is 5.97 Å². The molecule has 1 aliphatic rings. The quantitative estimate of drug-likeness (QED) is 0.813. The van der Waals surface area contributed by atoms with E-state index in [0.29, 0.717) is 11.3 Å². The monoisotopic (exact) mass is 236 g/mol. The van der Waals surface area contributed by atoms with Crippen LogP contribution in [0.4, 0.5) is 5.69 Å². The maximum absolute atomic E-state index is 11.2. The zero-order valence-electron chi connectivity index (χ0n) is 9.77. The van der Waals surface area contributed by atoms with Crippen LogP contribution in [0.15, 0.2) is 18.2 Å². The fraction of sp³-hybridized carbons (Fsp3) is 0.417. The van der Waals surface area contributed by atoms with Crippen molar-refractivity contribution in [2.45, 2.75) is 0 Å². The number of aromatic carboxylic acids is 1. The van der Waals surface area contributed by atoms with E-state index in [0.717, 1.165) is 31.9 Å². The summed E-state index contributed by atoms with van der Waals surface area (Å²) in [5.41, 5.74) is 1.06. The lowest BCUT2D eigenvalue weighted by atomic mass is 10.1. The molecule has 0 atom stereocenters. The molecule has 0 saturated carbocycles. The molecule has 0 spiro atoms. The van der Waals surface area contributed by atoms with Crippen LogP contribution < -0.4 is 15.0 Å². The van der Waals surface area contributed by atoms with E-state index in [1.807, 2.05) is 6.07 Å². The van der Waals surface area contributed by atoms with Crippen LogP contribution >= 0.6 is 0 Å². The molecular formula is C12H16N2O3. The second kappa shape index (κ2) is 5.05. The Kier molecular flexibility index (Phi) is 3.49. The van der Waals surface area contributed by atoms with Crippen molar-refractivity contribution in [1.82, 2.24) is 5.32 Å². The van der Waals surface area contributed by atoms with Crippen LogP contribution in [0.1, 0.15) is 10.4 Å². The van der Waals surface area contributed by atoms with Crippen molar-refractivity contribution < 1.29 is 14.6 Å². The molecule has 1 saturated heterocycles. The van der Waals surface area contributed by atoms with E-state index in [1.54, 1.807) is 12.1 Å². The molecule has 0 aromatic heterocycles. The minimum atomic E-state index is -0.919. The smallest absolute Gasteiger partial charge is 0.337 e. The summed E-state index contributed by atoms with van der Waals surface area (Å²) >= 11 is 0. The standard InChI is InChI=1S/C12H16N2O3/c1-17-9-2-3-11(10(8-9)12(15)16)14-6-4-13-5-7-14/h2-3,8,13H,4-7H2,1H3,(H,15,16). The SMILES string of the molecule is COc1ccc(N2CCNCC2)c(C(=O)O)c1. The average Bonchev–Trinajstić information content (AvgIpc) is 2.39. The summed E-state index contributed by atoms with van der Waals surface area (Å²) in [6.45, 7) is 3.41. The van der Waals surface area contributed by atoms with Gasteiger partial charge in [0.05, 0.1) is 18.4 Å². The Morgan fingerprint density at radius 1 is 1.41 bits per heavy atom. The third-order valence-corrected chi connectivity index (χ3v) is 2.89. The normalized spacial score (nSPS) is 15.7. The molecule has 2 rings (SSSR count). The van der Waals surface area contributed by atoms with Crippen molar-refractivity contribution in [2.24, 2.45) is 0 Å². The zero-order valence-corrected chi connectivity index (χ0v) is 9.77. The molecule has 92 valence electrons. The van der Waals surface area contributed by atoms with Crippen molar-refractivity contribution in [1.29, 1.82) is 0 Å². The first-order valence-corrected chi connectivity index (χ1v) is 5.59. The molecule has 0 amide bonds. The summed E-state index contributed by atoms with van der Waals surface area (Å²) in [5, 5.41) is 12.5. The van der Waals surface area contributed by atoms with E-state index >= 15 is 0 Å². The predicted molar refractivity (Wildman–Crippen MR) is 65.0 cm³/mol. The molecule has 17 heavy (non-hydrogen) atoms. The molecule has 1 aromatic rings. The van der Waals surface area contributed by atoms with Gasteiger partial charge in [-0.15, -0.1) is 0 Å². The van der Waals surface area contributed by atoms with Gasteiger partial charge in [0.15, 0.2) is 0 Å². The van der Waals surface area contributed by atoms with Crippen LogP contribution in [0.2, 0.25) is 0 Å². The number of nitrogens with one attached hydrogen (secondary N) is 1. The number of methoxy groups -OCH3 is 1. The first-order valence-electron chi connectivity index (χ1n) is 5.59. The van der Waals surface area contributed by atoms with Gasteiger partial charge in [-0.05, 0) is 18.2 Å². The molecule has 1 aromatic carbocycles. The minimum Gasteiger partial charge on any atom is -0.497 e. The molecule has 0 bridgehead atoms. The van der Waals surface area contributed by atoms with E-state index in [2.05, 4.69) is 10.2 Å². The second-order valence-corrected chi connectivity index (χ2v) is 3.93. The molecule has 5 nitrogen and oxygen atoms in total. The maximum Gasteiger partial charge on any atom is 0.337 e. The lowest BCUT2D eigenvalue weighted by Crippen LogP contribution is -2.44. The Morgan fingerprint density at radius 2 is 2.12 bits per heavy atom. The molecule has 0 aliphatic carbocycles. The summed E-state index contributed by atoms with van der Waals surface area (Å²) in [6, 6.07) is 5.18. The van der Waals surface area contributed by atoms with Gasteiger partial charge in [-0.25, -0.2) is 4.79 Å². The Hall–Kier alpha value is -1.75. The number of carboxylic acid groups (broad SMARTS) is 1. The maximum atomic E-state index is 11.2. The van der Waals surface area contributed by atoms with E-state index < -0.39 is 5.97 Å². The number of nitrogens with zero attached hydrogens (tertiary/aromatic N) is 1. The number of benzene rings is 1. The largest absolute Gasteiger partial charge is 0.497 e. The molecular weight excluding hydrogens is 220 g/mol. The summed E-state index contributed by atoms with van der Waals surface area (Å²) in [7, 11) is 1.53. The molecule has 1 fully saturated rings. The Bertz CT molecular complexity index is 414. The number of anilines is 1. The average molecular weight is 236 g/mol. The predicted octanol–water partition coefficient (Wildman–Crippen LogP) is 0.803. The fourth-order valence-electron chi connectivity index (χ4n) is 1.99. The number of ether oxygens (including phenoxy) is 1. The van der Waals surface area contributed by atoms with Gasteiger partial charge in [-0.1, -0.05) is 0 Å². The fourth-order valence-corrected chi connectivity index (χ4v) is 1.99. The van der Waals surface area contributed by atoms with Crippen molar-refractivity contribution in [3.05, 3.63) is 23.8 Å². The highest BCUT2D eigenvalue weighted by atomic mass is 16.5. The highest BCUT2D eigenvalue weighted by Gasteiger charge is 2.18. The van der Waals surface area contributed by atoms with Crippen LogP contribution in [0.5, 0.6) is 5.75 Å². The third kappa shape index (κ3) is 2.50. The van der Waals surface area contributed by atoms with E-state index in [1.165, 1.54) is 7.11 Å². The Labute approximate surface area is 100.0 Å². The van der Waals surface area contributed by atoms with Gasteiger partial charge in [0, 0.05) is 26.2 Å². The van der Waals surface area contributed by atoms with Gasteiger partial charge in [0.1, 0.15) is 5.75 Å². The highest BCUT2D eigenvalue weighted by molar-refractivity contribution is 5.95. The summed E-state index contributed by atoms with van der Waals surface area (Å²) < 4.78 is 5.05. The van der Waals surface area contributed by atoms with Gasteiger partial charge in [0.2, 0.25) is 0 Å². The highest BCUT2D eigenvalue weighted by Crippen LogP contribution is 2.25. The number of piperazine rings is 1. The third-order valence-electron chi connectivity index (χ3n) is 2.89. The molecule has 2 N–H and O–H groups in total. The summed E-state index contributed by atoms with van der Waals surface area (Å²) in [5.74, 6) is -0.348. The lowest BCUT2D eigenvalue weighted by molar-refractivity contribution is 0.0697. The van der Waals surface area contributed by atoms with Crippen molar-refractivity contribution in [3.8, 4) is 5.75 Å². The number of hydrogen-bond donors (Lipinski definition) is 2. The van der Waals surface area contributed by atoms with Crippen molar-refractivity contribution in [3.63, 3.8) is 0 Å². The number of carboxylic acids is 1. The molecule has 0 unspecified atom stereocenters. The summed E-state index contributed by atoms with van der Waals surface area (Å²) in [6.07, 6.45) is 0. The van der Waals surface area contributed by atoms with Gasteiger partial charge in [-0.3, -0.25) is 0 Å². The van der Waals surface area contributed by atoms with E-state index in [9.17, 15) is 9.90 Å². The van der Waals surface area contributed by atoms with Gasteiger partial charge in [-0.2, -0.15) is 0 Å². The number of hydrogen-bond acceptors (Lipinski definition) is 4. The molecule has 5 heteroatoms. The van der Waals surface area contributed by atoms with Gasteiger partial charge < -0.3 is 20.1 Å². The van der Waals surface area contributed by atoms with Crippen LogP contribution in [-0.2, 0) is 0 Å². The first kappa shape index (κ1) is 11.7. The lowest BCUT2D eigenvalue weighted by Gasteiger charge is -2.30. The van der Waals surface area contributed by atoms with Crippen LogP contribution in [0, 0.1) is 0 Å². The van der Waals surface area contributed by atoms with Gasteiger partial charge in [0.25, 0.3) is 0 Å². The molecule has 1 heterocycles. The van der Waals surface area contributed by atoms with Crippen LogP contribution in [0.25, 0.3) is 0 Å². The van der Waals surface area contributed by atoms with Crippen molar-refractivity contribution in [2.75, 3.05) is 38.2 Å². The first-order chi connectivity index (χ1) is 8.22. The van der Waals surface area contributed by atoms with E-state index in [4.69, 9.17) is 4.74 Å². The number of rotatable bonds is 3. The second-order valence-electron chi connectivity index (χ2n) is 3.93. The van der Waals surface area contributed by atoms with Crippen molar-refractivity contribution >= 4 is 11.7 Å². The summed E-state index contributed by atoms with van der Waals surface area (Å²) in [4.78, 5) is 13.3. The topological polar surface area (TPSA) is 61.8 Å². The minimum absolute atomic E-state index is 0.297. The number of carbonyl (C=O) groups is 1. The van der Waals surface area contributed by atoms with Crippen LogP contribution in [0.3, 0.4) is 0 Å². The van der Waals surface area contributed by atoms with Crippen LogP contribution in [-0.4, -0.2) is 44.4 Å². The molecule has 1 aliphatic heterocycles. The molecule has 0 radical (unpaired) electrons. The Balaban J connectivity index is 2.34. The zero-order chi connectivity index (χ0) is 12.3.